The number of nitrogens with zero attached hydrogens (tertiary/aromatic N) is 6. The minimum atomic E-state index is -4.49. The molecule has 2 aromatic heterocycles. The van der Waals surface area contributed by atoms with Crippen LogP contribution in [0.25, 0.3) is 0 Å². The van der Waals surface area contributed by atoms with Crippen molar-refractivity contribution in [2.75, 3.05) is 50.9 Å². The second-order valence-corrected chi connectivity index (χ2v) is 16.9. The summed E-state index contributed by atoms with van der Waals surface area (Å²) in [6.45, 7) is 10.9. The maximum absolute atomic E-state index is 12.7. The van der Waals surface area contributed by atoms with Crippen LogP contribution in [0.15, 0.2) is 23.4 Å². The van der Waals surface area contributed by atoms with Crippen molar-refractivity contribution in [3.05, 3.63) is 39.5 Å². The Morgan fingerprint density at radius 2 is 1.76 bits per heavy atom. The molecule has 0 spiro atoms. The van der Waals surface area contributed by atoms with Gasteiger partial charge in [0.05, 0.1) is 30.9 Å². The second-order valence-electron chi connectivity index (χ2n) is 10.9. The van der Waals surface area contributed by atoms with Gasteiger partial charge in [-0.3, -0.25) is 9.59 Å². The molecule has 0 aliphatic carbocycles. The molecule has 228 valence electrons. The second kappa shape index (κ2) is 14.4. The average Bonchev–Trinajstić information content (AvgIpc) is 2.92. The zero-order valence-electron chi connectivity index (χ0n) is 23.6. The maximum atomic E-state index is 12.7. The normalized spacial score (nSPS) is 15.2. The van der Waals surface area contributed by atoms with Crippen molar-refractivity contribution in [1.82, 2.24) is 24.6 Å². The molecule has 16 heteroatoms. The number of aromatic nitrogens is 4. The molecule has 1 aliphatic heterocycles. The monoisotopic (exact) mass is 620 g/mol. The van der Waals surface area contributed by atoms with Gasteiger partial charge in [-0.25, -0.2) is 14.6 Å². The standard InChI is InChI=1S/C25H36ClF3N6O5Si/c1-18(16-40-20-15-32-35(23(37)22(20)26)17-38-11-12-41(2,3)4)39-10-5-21(36)33-6-8-34(9-7-33)24-30-13-19(14-31-24)25(27,28)29/h13-15,18H,5-12,16-17H2,1-4H3/t18-/m0/s1. The third kappa shape index (κ3) is 10.2. The summed E-state index contributed by atoms with van der Waals surface area (Å²) in [5, 5.41) is 3.96. The van der Waals surface area contributed by atoms with Crippen molar-refractivity contribution in [2.45, 2.75) is 58.0 Å². The minimum Gasteiger partial charge on any atom is -0.487 e. The number of piperazine rings is 1. The van der Waals surface area contributed by atoms with Crippen LogP contribution in [0.2, 0.25) is 30.7 Å². The predicted octanol–water partition coefficient (Wildman–Crippen LogP) is 3.54. The fourth-order valence-corrected chi connectivity index (χ4v) is 4.68. The molecule has 0 radical (unpaired) electrons. The van der Waals surface area contributed by atoms with E-state index in [1.165, 1.54) is 6.20 Å². The first-order valence-corrected chi connectivity index (χ1v) is 17.3. The Kier molecular flexibility index (Phi) is 11.5. The molecule has 1 atom stereocenters. The van der Waals surface area contributed by atoms with Crippen LogP contribution in [-0.4, -0.2) is 90.7 Å². The van der Waals surface area contributed by atoms with E-state index in [0.717, 1.165) is 23.1 Å². The van der Waals surface area contributed by atoms with Crippen LogP contribution in [0.3, 0.4) is 0 Å². The van der Waals surface area contributed by atoms with E-state index in [1.807, 2.05) is 0 Å². The molecular weight excluding hydrogens is 585 g/mol. The summed E-state index contributed by atoms with van der Waals surface area (Å²) < 4.78 is 56.1. The van der Waals surface area contributed by atoms with E-state index in [9.17, 15) is 22.8 Å². The molecule has 0 saturated carbocycles. The first kappa shape index (κ1) is 32.8. The van der Waals surface area contributed by atoms with Gasteiger partial charge in [-0.15, -0.1) is 0 Å². The van der Waals surface area contributed by atoms with Crippen molar-refractivity contribution < 1.29 is 32.2 Å². The lowest BCUT2D eigenvalue weighted by atomic mass is 10.3. The number of hydrogen-bond acceptors (Lipinski definition) is 9. The number of hydrogen-bond donors (Lipinski definition) is 0. The largest absolute Gasteiger partial charge is 0.487 e. The molecule has 1 amide bonds. The number of amides is 1. The lowest BCUT2D eigenvalue weighted by Crippen LogP contribution is -2.49. The molecule has 1 saturated heterocycles. The van der Waals surface area contributed by atoms with Crippen molar-refractivity contribution in [2.24, 2.45) is 0 Å². The molecule has 11 nitrogen and oxygen atoms in total. The van der Waals surface area contributed by atoms with Gasteiger partial charge in [-0.2, -0.15) is 18.3 Å². The predicted molar refractivity (Wildman–Crippen MR) is 149 cm³/mol. The lowest BCUT2D eigenvalue weighted by molar-refractivity contribution is -0.138. The Balaban J connectivity index is 1.35. The number of alkyl halides is 3. The van der Waals surface area contributed by atoms with Crippen LogP contribution >= 0.6 is 11.6 Å². The zero-order valence-corrected chi connectivity index (χ0v) is 25.4. The summed E-state index contributed by atoms with van der Waals surface area (Å²) in [5.74, 6) is 0.228. The Labute approximate surface area is 242 Å². The number of ether oxygens (including phenoxy) is 3. The molecule has 2 aromatic rings. The number of rotatable bonds is 13. The van der Waals surface area contributed by atoms with Crippen LogP contribution in [-0.2, 0) is 27.2 Å². The Morgan fingerprint density at radius 1 is 1.10 bits per heavy atom. The summed E-state index contributed by atoms with van der Waals surface area (Å²) in [5.41, 5.74) is -1.42. The number of anilines is 1. The summed E-state index contributed by atoms with van der Waals surface area (Å²) in [6, 6.07) is 0.970. The topological polar surface area (TPSA) is 112 Å². The Morgan fingerprint density at radius 3 is 2.37 bits per heavy atom. The lowest BCUT2D eigenvalue weighted by Gasteiger charge is -2.34. The number of carbonyl (C=O) groups is 1. The highest BCUT2D eigenvalue weighted by Gasteiger charge is 2.32. The fraction of sp³-hybridized carbons (Fsp3) is 0.640. The van der Waals surface area contributed by atoms with E-state index in [-0.39, 0.29) is 55.1 Å². The van der Waals surface area contributed by atoms with Crippen LogP contribution in [0, 0.1) is 0 Å². The smallest absolute Gasteiger partial charge is 0.419 e. The average molecular weight is 621 g/mol. The fourth-order valence-electron chi connectivity index (χ4n) is 3.72. The van der Waals surface area contributed by atoms with Gasteiger partial charge in [0, 0.05) is 53.3 Å². The van der Waals surface area contributed by atoms with Gasteiger partial charge < -0.3 is 24.0 Å². The molecule has 1 fully saturated rings. The van der Waals surface area contributed by atoms with E-state index in [2.05, 4.69) is 34.7 Å². The number of halogens is 4. The molecule has 3 heterocycles. The first-order valence-electron chi connectivity index (χ1n) is 13.2. The van der Waals surface area contributed by atoms with E-state index in [1.54, 1.807) is 16.7 Å². The molecule has 1 aliphatic rings. The Bertz CT molecular complexity index is 1200. The van der Waals surface area contributed by atoms with Gasteiger partial charge >= 0.3 is 6.18 Å². The van der Waals surface area contributed by atoms with Crippen LogP contribution in [0.1, 0.15) is 18.9 Å². The SMILES string of the molecule is C[C@@H](COc1cnn(COCC[Si](C)(C)C)c(=O)c1Cl)OCCC(=O)N1CCN(c2ncc(C(F)(F)F)cn2)CC1. The van der Waals surface area contributed by atoms with Gasteiger partial charge in [0.25, 0.3) is 5.56 Å². The highest BCUT2D eigenvalue weighted by molar-refractivity contribution is 6.76. The van der Waals surface area contributed by atoms with Gasteiger partial charge in [-0.05, 0) is 13.0 Å². The molecular formula is C25H36ClF3N6O5Si. The highest BCUT2D eigenvalue weighted by atomic mass is 35.5. The summed E-state index contributed by atoms with van der Waals surface area (Å²) >= 11 is 6.18. The van der Waals surface area contributed by atoms with E-state index in [4.69, 9.17) is 25.8 Å². The molecule has 0 unspecified atom stereocenters. The van der Waals surface area contributed by atoms with Gasteiger partial charge in [0.1, 0.15) is 13.3 Å². The highest BCUT2D eigenvalue weighted by Crippen LogP contribution is 2.28. The van der Waals surface area contributed by atoms with E-state index in [0.29, 0.717) is 32.8 Å². The van der Waals surface area contributed by atoms with E-state index < -0.39 is 25.4 Å². The maximum Gasteiger partial charge on any atom is 0.419 e. The van der Waals surface area contributed by atoms with Crippen LogP contribution < -0.4 is 15.2 Å². The van der Waals surface area contributed by atoms with Crippen molar-refractivity contribution in [3.63, 3.8) is 0 Å². The summed E-state index contributed by atoms with van der Waals surface area (Å²) in [6.07, 6.45) is -1.86. The third-order valence-electron chi connectivity index (χ3n) is 6.24. The Hall–Kier alpha value is -2.75. The van der Waals surface area contributed by atoms with E-state index >= 15 is 0 Å². The molecule has 0 N–H and O–H groups in total. The van der Waals surface area contributed by atoms with Gasteiger partial charge in [0.15, 0.2) is 10.8 Å². The van der Waals surface area contributed by atoms with Crippen LogP contribution in [0.4, 0.5) is 19.1 Å². The summed E-state index contributed by atoms with van der Waals surface area (Å²) in [4.78, 5) is 36.1. The van der Waals surface area contributed by atoms with Crippen molar-refractivity contribution in [3.8, 4) is 5.75 Å². The minimum absolute atomic E-state index is 0.00867. The number of carbonyl (C=O) groups excluding carboxylic acids is 1. The van der Waals surface area contributed by atoms with Crippen LogP contribution in [0.5, 0.6) is 5.75 Å². The quantitative estimate of drug-likeness (QED) is 0.245. The zero-order chi connectivity index (χ0) is 30.2. The molecule has 41 heavy (non-hydrogen) atoms. The molecule has 0 aromatic carbocycles. The van der Waals surface area contributed by atoms with Gasteiger partial charge in [-0.1, -0.05) is 31.2 Å². The molecule has 0 bridgehead atoms. The summed E-state index contributed by atoms with van der Waals surface area (Å²) in [7, 11) is -1.24. The molecule has 3 rings (SSSR count). The van der Waals surface area contributed by atoms with Crippen molar-refractivity contribution in [1.29, 1.82) is 0 Å². The van der Waals surface area contributed by atoms with Gasteiger partial charge in [0.2, 0.25) is 11.9 Å². The van der Waals surface area contributed by atoms with Crippen molar-refractivity contribution >= 4 is 31.5 Å². The first-order chi connectivity index (χ1) is 19.2. The third-order valence-corrected chi connectivity index (χ3v) is 8.29.